The van der Waals surface area contributed by atoms with Crippen LogP contribution in [-0.4, -0.2) is 5.78 Å². The van der Waals surface area contributed by atoms with Crippen molar-refractivity contribution in [2.45, 2.75) is 57.8 Å². The van der Waals surface area contributed by atoms with Gasteiger partial charge in [-0.2, -0.15) is 0 Å². The Morgan fingerprint density at radius 2 is 1.93 bits per heavy atom. The lowest BCUT2D eigenvalue weighted by atomic mass is 9.85. The van der Waals surface area contributed by atoms with Crippen molar-refractivity contribution in [1.29, 1.82) is 0 Å². The van der Waals surface area contributed by atoms with Crippen LogP contribution in [0.4, 0.5) is 0 Å². The largest absolute Gasteiger partial charge is 0.300 e. The normalized spacial score (nSPS) is 17.6. The Labute approximate surface area is 87.3 Å². The molecule has 0 atom stereocenters. The van der Waals surface area contributed by atoms with Crippen molar-refractivity contribution in [2.24, 2.45) is 5.92 Å². The molecule has 1 fully saturated rings. The molecule has 1 aliphatic carbocycles. The highest BCUT2D eigenvalue weighted by Gasteiger charge is 2.14. The minimum Gasteiger partial charge on any atom is -0.300 e. The molecular formula is C13H20O. The molecule has 0 aromatic carbocycles. The average molecular weight is 192 g/mol. The Hall–Kier alpha value is -0.770. The van der Waals surface area contributed by atoms with Crippen LogP contribution in [0.15, 0.2) is 0 Å². The predicted octanol–water partition coefficient (Wildman–Crippen LogP) is 3.33. The minimum atomic E-state index is 0.355. The first-order chi connectivity index (χ1) is 6.83. The van der Waals surface area contributed by atoms with Crippen molar-refractivity contribution < 1.29 is 4.79 Å². The predicted molar refractivity (Wildman–Crippen MR) is 58.9 cm³/mol. The molecule has 0 amide bonds. The number of terminal acetylenes is 1. The van der Waals surface area contributed by atoms with Crippen molar-refractivity contribution in [3.05, 3.63) is 0 Å². The van der Waals surface area contributed by atoms with Gasteiger partial charge in [0.2, 0.25) is 0 Å². The van der Waals surface area contributed by atoms with Crippen LogP contribution in [-0.2, 0) is 4.79 Å². The number of carbonyl (C=O) groups excluding carboxylic acids is 1. The van der Waals surface area contributed by atoms with Crippen LogP contribution in [0.2, 0.25) is 0 Å². The zero-order valence-corrected chi connectivity index (χ0v) is 8.93. The highest BCUT2D eigenvalue weighted by molar-refractivity contribution is 5.78. The number of Topliss-reactive ketones (excluding diaryl/α,β-unsaturated/α-hetero) is 1. The van der Waals surface area contributed by atoms with Crippen molar-refractivity contribution in [2.75, 3.05) is 0 Å². The lowest BCUT2D eigenvalue weighted by Crippen LogP contribution is -2.08. The van der Waals surface area contributed by atoms with Gasteiger partial charge in [0.1, 0.15) is 5.78 Å². The maximum atomic E-state index is 11.3. The van der Waals surface area contributed by atoms with Crippen molar-refractivity contribution >= 4 is 5.78 Å². The van der Waals surface area contributed by atoms with E-state index in [2.05, 4.69) is 5.92 Å². The number of carbonyl (C=O) groups is 1. The first kappa shape index (κ1) is 11.3. The molecule has 0 saturated heterocycles. The summed E-state index contributed by atoms with van der Waals surface area (Å²) in [5, 5.41) is 0. The molecule has 0 aromatic rings. The third kappa shape index (κ3) is 4.46. The first-order valence-corrected chi connectivity index (χ1v) is 5.78. The molecule has 1 aliphatic rings. The van der Waals surface area contributed by atoms with Crippen LogP contribution in [0, 0.1) is 18.3 Å². The van der Waals surface area contributed by atoms with Crippen molar-refractivity contribution in [3.8, 4) is 12.3 Å². The van der Waals surface area contributed by atoms with E-state index in [1.54, 1.807) is 0 Å². The van der Waals surface area contributed by atoms with E-state index in [-0.39, 0.29) is 0 Å². The van der Waals surface area contributed by atoms with Gasteiger partial charge < -0.3 is 0 Å². The van der Waals surface area contributed by atoms with Crippen LogP contribution in [0.5, 0.6) is 0 Å². The standard InChI is InChI=1S/C13H20O/c1-2-3-9-13(14)11-10-12-7-5-4-6-8-12/h1,12H,3-11H2. The molecule has 1 heteroatoms. The third-order valence-corrected chi connectivity index (χ3v) is 3.10. The quantitative estimate of drug-likeness (QED) is 0.611. The molecule has 1 rings (SSSR count). The summed E-state index contributed by atoms with van der Waals surface area (Å²) < 4.78 is 0. The van der Waals surface area contributed by atoms with Crippen molar-refractivity contribution in [3.63, 3.8) is 0 Å². The highest BCUT2D eigenvalue weighted by atomic mass is 16.1. The van der Waals surface area contributed by atoms with E-state index in [1.165, 1.54) is 32.1 Å². The van der Waals surface area contributed by atoms with E-state index >= 15 is 0 Å². The van der Waals surface area contributed by atoms with Gasteiger partial charge >= 0.3 is 0 Å². The zero-order valence-electron chi connectivity index (χ0n) is 8.93. The Morgan fingerprint density at radius 3 is 2.57 bits per heavy atom. The molecule has 1 saturated carbocycles. The summed E-state index contributed by atoms with van der Waals surface area (Å²) in [4.78, 5) is 11.3. The second-order valence-corrected chi connectivity index (χ2v) is 4.29. The Morgan fingerprint density at radius 1 is 1.21 bits per heavy atom. The van der Waals surface area contributed by atoms with Gasteiger partial charge in [-0.05, 0) is 12.3 Å². The number of rotatable bonds is 5. The maximum absolute atomic E-state index is 11.3. The number of hydrogen-bond acceptors (Lipinski definition) is 1. The summed E-state index contributed by atoms with van der Waals surface area (Å²) in [6.07, 6.45) is 15.0. The minimum absolute atomic E-state index is 0.355. The van der Waals surface area contributed by atoms with Crippen LogP contribution in [0.1, 0.15) is 57.8 Å². The van der Waals surface area contributed by atoms with Gasteiger partial charge in [-0.15, -0.1) is 12.3 Å². The van der Waals surface area contributed by atoms with Gasteiger partial charge in [0.25, 0.3) is 0 Å². The van der Waals surface area contributed by atoms with E-state index in [4.69, 9.17) is 6.42 Å². The molecule has 14 heavy (non-hydrogen) atoms. The van der Waals surface area contributed by atoms with Gasteiger partial charge in [-0.3, -0.25) is 4.79 Å². The summed E-state index contributed by atoms with van der Waals surface area (Å²) in [6, 6.07) is 0. The number of hydrogen-bond donors (Lipinski definition) is 0. The maximum Gasteiger partial charge on any atom is 0.133 e. The fraction of sp³-hybridized carbons (Fsp3) is 0.769. The third-order valence-electron chi connectivity index (χ3n) is 3.10. The van der Waals surface area contributed by atoms with Gasteiger partial charge in [0, 0.05) is 19.3 Å². The molecule has 0 N–H and O–H groups in total. The Bertz CT molecular complexity index is 206. The lowest BCUT2D eigenvalue weighted by Gasteiger charge is -2.20. The van der Waals surface area contributed by atoms with Crippen LogP contribution < -0.4 is 0 Å². The highest BCUT2D eigenvalue weighted by Crippen LogP contribution is 2.27. The average Bonchev–Trinajstić information content (AvgIpc) is 2.25. The summed E-state index contributed by atoms with van der Waals surface area (Å²) in [5.41, 5.74) is 0. The number of ketones is 1. The molecule has 0 radical (unpaired) electrons. The topological polar surface area (TPSA) is 17.1 Å². The van der Waals surface area contributed by atoms with Gasteiger partial charge in [-0.1, -0.05) is 32.1 Å². The van der Waals surface area contributed by atoms with Gasteiger partial charge in [0.15, 0.2) is 0 Å². The molecule has 0 bridgehead atoms. The first-order valence-electron chi connectivity index (χ1n) is 5.78. The van der Waals surface area contributed by atoms with Crippen LogP contribution >= 0.6 is 0 Å². The van der Waals surface area contributed by atoms with E-state index in [0.717, 1.165) is 18.8 Å². The summed E-state index contributed by atoms with van der Waals surface area (Å²) >= 11 is 0. The fourth-order valence-corrected chi connectivity index (χ4v) is 2.18. The van der Waals surface area contributed by atoms with Crippen LogP contribution in [0.25, 0.3) is 0 Å². The van der Waals surface area contributed by atoms with E-state index in [1.807, 2.05) is 0 Å². The van der Waals surface area contributed by atoms with Gasteiger partial charge in [-0.25, -0.2) is 0 Å². The molecule has 0 spiro atoms. The second kappa shape index (κ2) is 6.65. The smallest absolute Gasteiger partial charge is 0.133 e. The molecular weight excluding hydrogens is 172 g/mol. The molecule has 0 heterocycles. The Balaban J connectivity index is 2.07. The molecule has 0 aromatic heterocycles. The van der Waals surface area contributed by atoms with Gasteiger partial charge in [0.05, 0.1) is 0 Å². The molecule has 0 aliphatic heterocycles. The zero-order chi connectivity index (χ0) is 10.2. The van der Waals surface area contributed by atoms with Crippen LogP contribution in [0.3, 0.4) is 0 Å². The van der Waals surface area contributed by atoms with E-state index < -0.39 is 0 Å². The Kier molecular flexibility index (Phi) is 5.37. The fourth-order valence-electron chi connectivity index (χ4n) is 2.18. The SMILES string of the molecule is C#CCCC(=O)CCC1CCCCC1. The van der Waals surface area contributed by atoms with Crippen molar-refractivity contribution in [1.82, 2.24) is 0 Å². The monoisotopic (exact) mass is 192 g/mol. The second-order valence-electron chi connectivity index (χ2n) is 4.29. The molecule has 1 nitrogen and oxygen atoms in total. The van der Waals surface area contributed by atoms with E-state index in [0.29, 0.717) is 18.6 Å². The lowest BCUT2D eigenvalue weighted by molar-refractivity contribution is -0.119. The summed E-state index contributed by atoms with van der Waals surface area (Å²) in [7, 11) is 0. The molecule has 78 valence electrons. The van der Waals surface area contributed by atoms with E-state index in [9.17, 15) is 4.79 Å². The summed E-state index contributed by atoms with van der Waals surface area (Å²) in [6.45, 7) is 0. The molecule has 0 unspecified atom stereocenters. The summed E-state index contributed by atoms with van der Waals surface area (Å²) in [5.74, 6) is 3.69.